The quantitative estimate of drug-likeness (QED) is 0.834. The van der Waals surface area contributed by atoms with Crippen molar-refractivity contribution in [2.45, 2.75) is 56.1 Å². The summed E-state index contributed by atoms with van der Waals surface area (Å²) in [6, 6.07) is 6.04. The van der Waals surface area contributed by atoms with Crippen LogP contribution >= 0.6 is 0 Å². The standard InChI is InChI=1S/C14H21N3/c15-11-3-5-12(6-4-11)17-14-8-13(14)10-2-1-7-16-9-10/h1-2,7,9,11-14,17H,3-6,8,15H2/t11-,12-,13-,14+/m1/s1. The molecule has 92 valence electrons. The molecular formula is C14H21N3. The van der Waals surface area contributed by atoms with Gasteiger partial charge in [-0.2, -0.15) is 0 Å². The van der Waals surface area contributed by atoms with E-state index in [2.05, 4.69) is 16.4 Å². The molecule has 3 N–H and O–H groups in total. The van der Waals surface area contributed by atoms with Gasteiger partial charge in [-0.3, -0.25) is 4.98 Å². The third-order valence-electron chi connectivity index (χ3n) is 4.12. The van der Waals surface area contributed by atoms with Crippen molar-refractivity contribution >= 4 is 0 Å². The summed E-state index contributed by atoms with van der Waals surface area (Å²) in [6.07, 6.45) is 9.98. The predicted octanol–water partition coefficient (Wildman–Crippen LogP) is 1.80. The predicted molar refractivity (Wildman–Crippen MR) is 68.8 cm³/mol. The summed E-state index contributed by atoms with van der Waals surface area (Å²) in [5.74, 6) is 0.694. The van der Waals surface area contributed by atoms with Gasteiger partial charge >= 0.3 is 0 Å². The van der Waals surface area contributed by atoms with E-state index in [-0.39, 0.29) is 0 Å². The maximum Gasteiger partial charge on any atom is 0.0303 e. The Morgan fingerprint density at radius 2 is 2.06 bits per heavy atom. The van der Waals surface area contributed by atoms with Crippen LogP contribution in [0.2, 0.25) is 0 Å². The van der Waals surface area contributed by atoms with Crippen molar-refractivity contribution in [1.29, 1.82) is 0 Å². The Kier molecular flexibility index (Phi) is 3.12. The van der Waals surface area contributed by atoms with Crippen molar-refractivity contribution < 1.29 is 0 Å². The fourth-order valence-corrected chi connectivity index (χ4v) is 2.93. The average molecular weight is 231 g/mol. The van der Waals surface area contributed by atoms with Crippen LogP contribution in [0.4, 0.5) is 0 Å². The summed E-state index contributed by atoms with van der Waals surface area (Å²) >= 11 is 0. The number of nitrogens with two attached hydrogens (primary N) is 1. The monoisotopic (exact) mass is 231 g/mol. The molecule has 0 bridgehead atoms. The van der Waals surface area contributed by atoms with E-state index in [9.17, 15) is 0 Å². The van der Waals surface area contributed by atoms with E-state index in [0.717, 1.165) is 0 Å². The smallest absolute Gasteiger partial charge is 0.0303 e. The van der Waals surface area contributed by atoms with Crippen LogP contribution in [0, 0.1) is 0 Å². The lowest BCUT2D eigenvalue weighted by Crippen LogP contribution is -2.38. The maximum absolute atomic E-state index is 5.93. The number of hydrogen-bond donors (Lipinski definition) is 2. The second-order valence-corrected chi connectivity index (χ2v) is 5.51. The van der Waals surface area contributed by atoms with E-state index >= 15 is 0 Å². The fourth-order valence-electron chi connectivity index (χ4n) is 2.93. The molecule has 0 aromatic carbocycles. The van der Waals surface area contributed by atoms with Crippen LogP contribution in [0.25, 0.3) is 0 Å². The van der Waals surface area contributed by atoms with E-state index in [0.29, 0.717) is 24.0 Å². The van der Waals surface area contributed by atoms with Gasteiger partial charge in [0.1, 0.15) is 0 Å². The topological polar surface area (TPSA) is 50.9 Å². The number of pyridine rings is 1. The lowest BCUT2D eigenvalue weighted by atomic mass is 9.92. The van der Waals surface area contributed by atoms with Crippen molar-refractivity contribution in [2.75, 3.05) is 0 Å². The Balaban J connectivity index is 1.49. The molecule has 1 aromatic heterocycles. The molecular weight excluding hydrogens is 210 g/mol. The Morgan fingerprint density at radius 1 is 1.24 bits per heavy atom. The summed E-state index contributed by atoms with van der Waals surface area (Å²) < 4.78 is 0. The van der Waals surface area contributed by atoms with Crippen molar-refractivity contribution in [3.05, 3.63) is 30.1 Å². The van der Waals surface area contributed by atoms with Gasteiger partial charge in [-0.25, -0.2) is 0 Å². The van der Waals surface area contributed by atoms with Crippen molar-refractivity contribution in [3.63, 3.8) is 0 Å². The molecule has 2 atom stereocenters. The highest BCUT2D eigenvalue weighted by molar-refractivity contribution is 5.24. The van der Waals surface area contributed by atoms with Gasteiger partial charge in [-0.15, -0.1) is 0 Å². The van der Waals surface area contributed by atoms with Gasteiger partial charge in [0, 0.05) is 36.4 Å². The molecule has 3 nitrogen and oxygen atoms in total. The van der Waals surface area contributed by atoms with Crippen molar-refractivity contribution in [3.8, 4) is 0 Å². The zero-order valence-electron chi connectivity index (χ0n) is 10.2. The van der Waals surface area contributed by atoms with Crippen LogP contribution in [-0.2, 0) is 0 Å². The van der Waals surface area contributed by atoms with Gasteiger partial charge in [0.05, 0.1) is 0 Å². The van der Waals surface area contributed by atoms with E-state index in [4.69, 9.17) is 5.73 Å². The average Bonchev–Trinajstić information content (AvgIpc) is 3.13. The molecule has 1 aromatic rings. The summed E-state index contributed by atoms with van der Waals surface area (Å²) in [5, 5.41) is 3.78. The molecule has 0 amide bonds. The molecule has 0 aliphatic heterocycles. The third kappa shape index (κ3) is 2.67. The van der Waals surface area contributed by atoms with Gasteiger partial charge in [0.2, 0.25) is 0 Å². The van der Waals surface area contributed by atoms with Crippen molar-refractivity contribution in [2.24, 2.45) is 5.73 Å². The highest BCUT2D eigenvalue weighted by Gasteiger charge is 2.39. The summed E-state index contributed by atoms with van der Waals surface area (Å²) in [5.41, 5.74) is 7.31. The molecule has 1 heterocycles. The molecule has 2 fully saturated rings. The minimum atomic E-state index is 0.446. The van der Waals surface area contributed by atoms with Crippen LogP contribution in [0.5, 0.6) is 0 Å². The van der Waals surface area contributed by atoms with E-state index in [1.807, 2.05) is 18.5 Å². The Hall–Kier alpha value is -0.930. The molecule has 2 aliphatic carbocycles. The summed E-state index contributed by atoms with van der Waals surface area (Å²) in [7, 11) is 0. The van der Waals surface area contributed by atoms with E-state index in [1.54, 1.807) is 0 Å². The van der Waals surface area contributed by atoms with Gasteiger partial charge in [0.15, 0.2) is 0 Å². The maximum atomic E-state index is 5.93. The molecule has 0 unspecified atom stereocenters. The molecule has 2 aliphatic rings. The SMILES string of the molecule is N[C@H]1CC[C@H](N[C@H]2C[C@@H]2c2cccnc2)CC1. The van der Waals surface area contributed by atoms with Gasteiger partial charge < -0.3 is 11.1 Å². The van der Waals surface area contributed by atoms with Gasteiger partial charge in [-0.1, -0.05) is 6.07 Å². The number of rotatable bonds is 3. The van der Waals surface area contributed by atoms with Gasteiger partial charge in [0.25, 0.3) is 0 Å². The number of nitrogens with one attached hydrogen (secondary N) is 1. The highest BCUT2D eigenvalue weighted by Crippen LogP contribution is 2.41. The molecule has 2 saturated carbocycles. The molecule has 3 rings (SSSR count). The largest absolute Gasteiger partial charge is 0.328 e. The van der Waals surface area contributed by atoms with E-state index in [1.165, 1.54) is 37.7 Å². The van der Waals surface area contributed by atoms with Crippen LogP contribution in [0.3, 0.4) is 0 Å². The lowest BCUT2D eigenvalue weighted by molar-refractivity contribution is 0.339. The number of nitrogens with zero attached hydrogens (tertiary/aromatic N) is 1. The Morgan fingerprint density at radius 3 is 2.76 bits per heavy atom. The first-order valence-electron chi connectivity index (χ1n) is 6.74. The zero-order chi connectivity index (χ0) is 11.7. The Bertz CT molecular complexity index is 357. The highest BCUT2D eigenvalue weighted by atomic mass is 15.0. The molecule has 0 saturated heterocycles. The second-order valence-electron chi connectivity index (χ2n) is 5.51. The first-order chi connectivity index (χ1) is 8.33. The number of aromatic nitrogens is 1. The molecule has 0 spiro atoms. The molecule has 0 radical (unpaired) electrons. The second kappa shape index (κ2) is 4.75. The van der Waals surface area contributed by atoms with Crippen LogP contribution < -0.4 is 11.1 Å². The van der Waals surface area contributed by atoms with Crippen molar-refractivity contribution in [1.82, 2.24) is 10.3 Å². The minimum Gasteiger partial charge on any atom is -0.328 e. The third-order valence-corrected chi connectivity index (χ3v) is 4.12. The van der Waals surface area contributed by atoms with Crippen LogP contribution in [0.1, 0.15) is 43.6 Å². The lowest BCUT2D eigenvalue weighted by Gasteiger charge is -2.27. The molecule has 3 heteroatoms. The number of hydrogen-bond acceptors (Lipinski definition) is 3. The first kappa shape index (κ1) is 11.2. The minimum absolute atomic E-state index is 0.446. The summed E-state index contributed by atoms with van der Waals surface area (Å²) in [6.45, 7) is 0. The molecule has 17 heavy (non-hydrogen) atoms. The summed E-state index contributed by atoms with van der Waals surface area (Å²) in [4.78, 5) is 4.19. The van der Waals surface area contributed by atoms with E-state index < -0.39 is 0 Å². The first-order valence-corrected chi connectivity index (χ1v) is 6.74. The van der Waals surface area contributed by atoms with Gasteiger partial charge in [-0.05, 0) is 43.7 Å². The zero-order valence-corrected chi connectivity index (χ0v) is 10.2. The van der Waals surface area contributed by atoms with Crippen LogP contribution in [-0.4, -0.2) is 23.1 Å². The van der Waals surface area contributed by atoms with Crippen LogP contribution in [0.15, 0.2) is 24.5 Å². The normalized spacial score (nSPS) is 36.8. The fraction of sp³-hybridized carbons (Fsp3) is 0.643. The Labute approximate surface area is 103 Å².